The molecule has 1 heterocycles. The molecule has 1 fully saturated rings. The number of hydrogen-bond donors (Lipinski definition) is 1. The van der Waals surface area contributed by atoms with Crippen LogP contribution in [0.3, 0.4) is 0 Å². The van der Waals surface area contributed by atoms with Crippen LogP contribution in [0.2, 0.25) is 0 Å². The zero-order chi connectivity index (χ0) is 14.4. The molecule has 1 aliphatic heterocycles. The molecule has 0 radical (unpaired) electrons. The van der Waals surface area contributed by atoms with Crippen LogP contribution in [0.5, 0.6) is 0 Å². The second-order valence-electron chi connectivity index (χ2n) is 5.88. The molecule has 1 aromatic carbocycles. The van der Waals surface area contributed by atoms with Gasteiger partial charge < -0.3 is 5.32 Å². The maximum absolute atomic E-state index is 12.2. The molecule has 2 atom stereocenters. The summed E-state index contributed by atoms with van der Waals surface area (Å²) in [6.07, 6.45) is 3.13. The van der Waals surface area contributed by atoms with Gasteiger partial charge in [-0.15, -0.1) is 0 Å². The number of benzene rings is 1. The van der Waals surface area contributed by atoms with E-state index in [9.17, 15) is 4.79 Å². The summed E-state index contributed by atoms with van der Waals surface area (Å²) in [5.41, 5.74) is 1.33. The van der Waals surface area contributed by atoms with Gasteiger partial charge in [-0.25, -0.2) is 0 Å². The first kappa shape index (κ1) is 15.0. The summed E-state index contributed by atoms with van der Waals surface area (Å²) in [7, 11) is 0. The normalized spacial score (nSPS) is 21.4. The van der Waals surface area contributed by atoms with Crippen LogP contribution in [0, 0.1) is 5.92 Å². The zero-order valence-corrected chi connectivity index (χ0v) is 12.6. The first-order chi connectivity index (χ1) is 9.69. The summed E-state index contributed by atoms with van der Waals surface area (Å²) in [5, 5.41) is 3.12. The Morgan fingerprint density at radius 2 is 2.15 bits per heavy atom. The molecule has 1 N–H and O–H groups in total. The third-order valence-corrected chi connectivity index (χ3v) is 4.13. The average Bonchev–Trinajstić information content (AvgIpc) is 2.48. The lowest BCUT2D eigenvalue weighted by atomic mass is 9.96. The molecule has 1 amide bonds. The number of amides is 1. The van der Waals surface area contributed by atoms with E-state index in [2.05, 4.69) is 48.3 Å². The van der Waals surface area contributed by atoms with Crippen LogP contribution < -0.4 is 5.32 Å². The lowest BCUT2D eigenvalue weighted by molar-refractivity contribution is -0.127. The van der Waals surface area contributed by atoms with Gasteiger partial charge in [0.25, 0.3) is 0 Å². The molecule has 3 heteroatoms. The monoisotopic (exact) mass is 274 g/mol. The summed E-state index contributed by atoms with van der Waals surface area (Å²) in [4.78, 5) is 14.6. The number of carbonyl (C=O) groups is 1. The van der Waals surface area contributed by atoms with Crippen molar-refractivity contribution in [3.8, 4) is 0 Å². The summed E-state index contributed by atoms with van der Waals surface area (Å²) >= 11 is 0. The number of likely N-dealkylation sites (tertiary alicyclic amines) is 1. The van der Waals surface area contributed by atoms with Crippen molar-refractivity contribution in [2.75, 3.05) is 13.1 Å². The SMILES string of the molecule is CCC(C)NC(=O)C1CCCN(Cc2ccccc2)C1. The highest BCUT2D eigenvalue weighted by atomic mass is 16.2. The van der Waals surface area contributed by atoms with E-state index in [0.717, 1.165) is 38.9 Å². The molecule has 20 heavy (non-hydrogen) atoms. The minimum atomic E-state index is 0.154. The maximum Gasteiger partial charge on any atom is 0.224 e. The van der Waals surface area contributed by atoms with Gasteiger partial charge in [-0.05, 0) is 38.3 Å². The van der Waals surface area contributed by atoms with Crippen molar-refractivity contribution in [3.05, 3.63) is 35.9 Å². The summed E-state index contributed by atoms with van der Waals surface area (Å²) in [6, 6.07) is 10.8. The van der Waals surface area contributed by atoms with Crippen LogP contribution in [-0.2, 0) is 11.3 Å². The molecule has 3 nitrogen and oxygen atoms in total. The van der Waals surface area contributed by atoms with E-state index in [1.165, 1.54) is 5.56 Å². The molecule has 0 aromatic heterocycles. The predicted octanol–water partition coefficient (Wildman–Crippen LogP) is 2.81. The van der Waals surface area contributed by atoms with E-state index < -0.39 is 0 Å². The van der Waals surface area contributed by atoms with Gasteiger partial charge in [0.05, 0.1) is 5.92 Å². The van der Waals surface area contributed by atoms with Gasteiger partial charge in [-0.2, -0.15) is 0 Å². The minimum absolute atomic E-state index is 0.154. The van der Waals surface area contributed by atoms with Crippen molar-refractivity contribution in [1.29, 1.82) is 0 Å². The van der Waals surface area contributed by atoms with Crippen molar-refractivity contribution in [1.82, 2.24) is 10.2 Å². The number of piperidine rings is 1. The first-order valence-corrected chi connectivity index (χ1v) is 7.75. The summed E-state index contributed by atoms with van der Waals surface area (Å²) in [6.45, 7) is 7.11. The standard InChI is InChI=1S/C17H26N2O/c1-3-14(2)18-17(20)16-10-7-11-19(13-16)12-15-8-5-4-6-9-15/h4-6,8-9,14,16H,3,7,10-13H2,1-2H3,(H,18,20). The number of nitrogens with one attached hydrogen (secondary N) is 1. The van der Waals surface area contributed by atoms with Crippen molar-refractivity contribution in [3.63, 3.8) is 0 Å². The van der Waals surface area contributed by atoms with E-state index in [1.807, 2.05) is 6.07 Å². The van der Waals surface area contributed by atoms with Crippen LogP contribution in [0.1, 0.15) is 38.7 Å². The molecule has 0 saturated carbocycles. The van der Waals surface area contributed by atoms with Crippen molar-refractivity contribution in [2.24, 2.45) is 5.92 Å². The third-order valence-electron chi connectivity index (χ3n) is 4.13. The second-order valence-corrected chi connectivity index (χ2v) is 5.88. The lowest BCUT2D eigenvalue weighted by Gasteiger charge is -2.32. The van der Waals surface area contributed by atoms with Crippen LogP contribution >= 0.6 is 0 Å². The molecule has 0 bridgehead atoms. The zero-order valence-electron chi connectivity index (χ0n) is 12.6. The smallest absolute Gasteiger partial charge is 0.224 e. The fourth-order valence-electron chi connectivity index (χ4n) is 2.72. The highest BCUT2D eigenvalue weighted by Crippen LogP contribution is 2.19. The molecule has 1 aliphatic rings. The Morgan fingerprint density at radius 3 is 2.85 bits per heavy atom. The Bertz CT molecular complexity index is 418. The molecule has 2 rings (SSSR count). The molecule has 2 unspecified atom stereocenters. The van der Waals surface area contributed by atoms with Crippen molar-refractivity contribution in [2.45, 2.75) is 45.7 Å². The Morgan fingerprint density at radius 1 is 1.40 bits per heavy atom. The van der Waals surface area contributed by atoms with Crippen LogP contribution in [0.25, 0.3) is 0 Å². The second kappa shape index (κ2) is 7.44. The lowest BCUT2D eigenvalue weighted by Crippen LogP contribution is -2.44. The number of carbonyl (C=O) groups excluding carboxylic acids is 1. The topological polar surface area (TPSA) is 32.3 Å². The maximum atomic E-state index is 12.2. The van der Waals surface area contributed by atoms with E-state index in [1.54, 1.807) is 0 Å². The Hall–Kier alpha value is -1.35. The fraction of sp³-hybridized carbons (Fsp3) is 0.588. The highest BCUT2D eigenvalue weighted by Gasteiger charge is 2.26. The van der Waals surface area contributed by atoms with Gasteiger partial charge in [-0.1, -0.05) is 37.3 Å². The Labute approximate surface area is 122 Å². The van der Waals surface area contributed by atoms with Crippen LogP contribution in [-0.4, -0.2) is 29.9 Å². The van der Waals surface area contributed by atoms with Crippen molar-refractivity contribution >= 4 is 5.91 Å². The predicted molar refractivity (Wildman–Crippen MR) is 82.3 cm³/mol. The van der Waals surface area contributed by atoms with E-state index in [0.29, 0.717) is 0 Å². The fourth-order valence-corrected chi connectivity index (χ4v) is 2.72. The van der Waals surface area contributed by atoms with Crippen molar-refractivity contribution < 1.29 is 4.79 Å². The molecular weight excluding hydrogens is 248 g/mol. The third kappa shape index (κ3) is 4.34. The van der Waals surface area contributed by atoms with Gasteiger partial charge in [0.2, 0.25) is 5.91 Å². The largest absolute Gasteiger partial charge is 0.353 e. The first-order valence-electron chi connectivity index (χ1n) is 7.75. The minimum Gasteiger partial charge on any atom is -0.353 e. The van der Waals surface area contributed by atoms with Gasteiger partial charge in [0.15, 0.2) is 0 Å². The quantitative estimate of drug-likeness (QED) is 0.895. The van der Waals surface area contributed by atoms with Gasteiger partial charge in [0, 0.05) is 19.1 Å². The molecule has 0 spiro atoms. The summed E-state index contributed by atoms with van der Waals surface area (Å²) in [5.74, 6) is 0.388. The van der Waals surface area contributed by atoms with Gasteiger partial charge in [-0.3, -0.25) is 9.69 Å². The molecule has 1 aromatic rings. The van der Waals surface area contributed by atoms with E-state index in [-0.39, 0.29) is 17.9 Å². The highest BCUT2D eigenvalue weighted by molar-refractivity contribution is 5.79. The van der Waals surface area contributed by atoms with Crippen LogP contribution in [0.15, 0.2) is 30.3 Å². The molecule has 0 aliphatic carbocycles. The number of rotatable bonds is 5. The van der Waals surface area contributed by atoms with Gasteiger partial charge in [0.1, 0.15) is 0 Å². The van der Waals surface area contributed by atoms with E-state index in [4.69, 9.17) is 0 Å². The number of hydrogen-bond acceptors (Lipinski definition) is 2. The Balaban J connectivity index is 1.87. The number of nitrogens with zero attached hydrogens (tertiary/aromatic N) is 1. The average molecular weight is 274 g/mol. The molecule has 1 saturated heterocycles. The summed E-state index contributed by atoms with van der Waals surface area (Å²) < 4.78 is 0. The Kier molecular flexibility index (Phi) is 5.60. The van der Waals surface area contributed by atoms with Crippen LogP contribution in [0.4, 0.5) is 0 Å². The van der Waals surface area contributed by atoms with E-state index >= 15 is 0 Å². The molecular formula is C17H26N2O. The van der Waals surface area contributed by atoms with Gasteiger partial charge >= 0.3 is 0 Å². The molecule has 110 valence electrons.